The van der Waals surface area contributed by atoms with Gasteiger partial charge in [0, 0.05) is 35.9 Å². The van der Waals surface area contributed by atoms with Crippen LogP contribution in [0.4, 0.5) is 14.9 Å². The second-order valence-corrected chi connectivity index (χ2v) is 11.0. The highest BCUT2D eigenvalue weighted by atomic mass is 35.5. The van der Waals surface area contributed by atoms with Gasteiger partial charge >= 0.3 is 6.09 Å². The maximum absolute atomic E-state index is 14.4. The van der Waals surface area contributed by atoms with Crippen LogP contribution in [0, 0.1) is 18.2 Å². The Labute approximate surface area is 200 Å². The summed E-state index contributed by atoms with van der Waals surface area (Å²) in [5.74, 6) is -0.837. The third-order valence-corrected chi connectivity index (χ3v) is 7.75. The van der Waals surface area contributed by atoms with Crippen LogP contribution in [0.1, 0.15) is 59.8 Å². The molecule has 2 unspecified atom stereocenters. The van der Waals surface area contributed by atoms with Gasteiger partial charge in [0.25, 0.3) is 5.91 Å². The molecule has 176 valence electrons. The van der Waals surface area contributed by atoms with Crippen molar-refractivity contribution in [1.82, 2.24) is 14.3 Å². The highest BCUT2D eigenvalue weighted by Gasteiger charge is 2.39. The molecule has 2 amide bonds. The number of nitrogens with zero attached hydrogens (tertiary/aromatic N) is 3. The number of pyridine rings is 1. The van der Waals surface area contributed by atoms with E-state index in [4.69, 9.17) is 11.6 Å². The number of carbonyl (C=O) groups excluding carboxylic acids is 1. The summed E-state index contributed by atoms with van der Waals surface area (Å²) in [4.78, 5) is 31.6. The fraction of sp³-hybridized carbons (Fsp3) is 0.435. The molecular formula is C23H26ClFN4O3S. The van der Waals surface area contributed by atoms with E-state index in [9.17, 15) is 19.1 Å². The van der Waals surface area contributed by atoms with Crippen molar-refractivity contribution in [1.29, 1.82) is 0 Å². The molecule has 0 aliphatic carbocycles. The number of piperidine rings is 1. The molecule has 0 bridgehead atoms. The molecule has 0 saturated carbocycles. The number of halogens is 2. The Hall–Kier alpha value is -2.65. The summed E-state index contributed by atoms with van der Waals surface area (Å²) in [7, 11) is 0. The van der Waals surface area contributed by atoms with E-state index in [2.05, 4.69) is 10.3 Å². The Morgan fingerprint density at radius 3 is 2.70 bits per heavy atom. The summed E-state index contributed by atoms with van der Waals surface area (Å²) in [5, 5.41) is 12.7. The molecule has 7 nitrogen and oxygen atoms in total. The van der Waals surface area contributed by atoms with Crippen molar-refractivity contribution in [3.63, 3.8) is 0 Å². The van der Waals surface area contributed by atoms with Crippen molar-refractivity contribution in [3.8, 4) is 0 Å². The molecule has 2 atom stereocenters. The van der Waals surface area contributed by atoms with Gasteiger partial charge in [-0.3, -0.25) is 4.79 Å². The molecule has 1 saturated heterocycles. The van der Waals surface area contributed by atoms with Crippen LogP contribution in [0.5, 0.6) is 0 Å². The molecule has 1 aliphatic rings. The van der Waals surface area contributed by atoms with Gasteiger partial charge in [0.15, 0.2) is 11.5 Å². The number of imidazole rings is 1. The number of nitrogens with one attached hydrogen (secondary N) is 1. The molecule has 33 heavy (non-hydrogen) atoms. The van der Waals surface area contributed by atoms with Crippen LogP contribution < -0.4 is 5.32 Å². The predicted octanol–water partition coefficient (Wildman–Crippen LogP) is 6.02. The summed E-state index contributed by atoms with van der Waals surface area (Å²) in [5.41, 5.74) is 0.956. The van der Waals surface area contributed by atoms with Gasteiger partial charge in [0.2, 0.25) is 0 Å². The zero-order chi connectivity index (χ0) is 24.1. The summed E-state index contributed by atoms with van der Waals surface area (Å²) >= 11 is 7.72. The SMILES string of the molecule is Cc1cn2cc(NC(=O)c3sc(C4CCN(C(=O)O)C(C(C)(C)C)C4)cc3Cl)cc(F)c2n1. The lowest BCUT2D eigenvalue weighted by Crippen LogP contribution is -2.51. The van der Waals surface area contributed by atoms with Gasteiger partial charge in [0.1, 0.15) is 4.88 Å². The Balaban J connectivity index is 1.55. The maximum Gasteiger partial charge on any atom is 0.407 e. The van der Waals surface area contributed by atoms with Crippen LogP contribution in [-0.2, 0) is 0 Å². The lowest BCUT2D eigenvalue weighted by Gasteiger charge is -2.44. The molecule has 4 rings (SSSR count). The van der Waals surface area contributed by atoms with E-state index in [1.54, 1.807) is 25.4 Å². The van der Waals surface area contributed by atoms with Crippen molar-refractivity contribution in [2.75, 3.05) is 11.9 Å². The van der Waals surface area contributed by atoms with Gasteiger partial charge < -0.3 is 19.7 Å². The number of anilines is 1. The highest BCUT2D eigenvalue weighted by molar-refractivity contribution is 7.15. The monoisotopic (exact) mass is 492 g/mol. The van der Waals surface area contributed by atoms with Crippen LogP contribution in [-0.4, -0.2) is 44.0 Å². The van der Waals surface area contributed by atoms with Crippen molar-refractivity contribution in [3.05, 3.63) is 50.8 Å². The zero-order valence-corrected chi connectivity index (χ0v) is 20.4. The Kier molecular flexibility index (Phi) is 6.13. The Morgan fingerprint density at radius 2 is 2.03 bits per heavy atom. The zero-order valence-electron chi connectivity index (χ0n) is 18.9. The minimum atomic E-state index is -0.907. The Bertz CT molecular complexity index is 1230. The fourth-order valence-electron chi connectivity index (χ4n) is 4.45. The van der Waals surface area contributed by atoms with E-state index >= 15 is 0 Å². The van der Waals surface area contributed by atoms with E-state index in [0.717, 1.165) is 4.88 Å². The van der Waals surface area contributed by atoms with Crippen LogP contribution in [0.2, 0.25) is 5.02 Å². The number of likely N-dealkylation sites (tertiary alicyclic amines) is 1. The minimum absolute atomic E-state index is 0.108. The number of carbonyl (C=O) groups is 2. The lowest BCUT2D eigenvalue weighted by atomic mass is 9.76. The molecule has 0 radical (unpaired) electrons. The van der Waals surface area contributed by atoms with Gasteiger partial charge in [-0.25, -0.2) is 14.2 Å². The molecule has 10 heteroatoms. The highest BCUT2D eigenvalue weighted by Crippen LogP contribution is 2.42. The first-order chi connectivity index (χ1) is 15.4. The van der Waals surface area contributed by atoms with Crippen molar-refractivity contribution >= 4 is 46.3 Å². The largest absolute Gasteiger partial charge is 0.465 e. The first-order valence-corrected chi connectivity index (χ1v) is 11.9. The number of rotatable bonds is 3. The number of hydrogen-bond acceptors (Lipinski definition) is 4. The Morgan fingerprint density at radius 1 is 1.30 bits per heavy atom. The predicted molar refractivity (Wildman–Crippen MR) is 127 cm³/mol. The van der Waals surface area contributed by atoms with Crippen molar-refractivity contribution in [2.45, 2.75) is 52.5 Å². The molecule has 0 spiro atoms. The van der Waals surface area contributed by atoms with E-state index < -0.39 is 17.8 Å². The molecule has 1 aliphatic heterocycles. The summed E-state index contributed by atoms with van der Waals surface area (Å²) < 4.78 is 15.9. The number of amides is 2. The number of aromatic nitrogens is 2. The van der Waals surface area contributed by atoms with E-state index in [1.165, 1.54) is 26.7 Å². The third kappa shape index (κ3) is 4.70. The molecule has 4 heterocycles. The second kappa shape index (κ2) is 8.61. The number of thiophene rings is 1. The van der Waals surface area contributed by atoms with E-state index in [1.807, 2.05) is 20.8 Å². The summed E-state index contributed by atoms with van der Waals surface area (Å²) in [6.45, 7) is 8.31. The van der Waals surface area contributed by atoms with Gasteiger partial charge in [-0.05, 0) is 37.2 Å². The minimum Gasteiger partial charge on any atom is -0.465 e. The first kappa shape index (κ1) is 23.5. The molecule has 3 aromatic rings. The van der Waals surface area contributed by atoms with Gasteiger partial charge in [-0.15, -0.1) is 11.3 Å². The smallest absolute Gasteiger partial charge is 0.407 e. The molecule has 3 aromatic heterocycles. The van der Waals surface area contributed by atoms with Gasteiger partial charge in [0.05, 0.1) is 16.4 Å². The topological polar surface area (TPSA) is 86.9 Å². The number of carboxylic acid groups (broad SMARTS) is 1. The van der Waals surface area contributed by atoms with Crippen molar-refractivity contribution < 1.29 is 19.1 Å². The van der Waals surface area contributed by atoms with Crippen LogP contribution in [0.3, 0.4) is 0 Å². The van der Waals surface area contributed by atoms with E-state index in [0.29, 0.717) is 40.7 Å². The van der Waals surface area contributed by atoms with E-state index in [-0.39, 0.29) is 23.0 Å². The van der Waals surface area contributed by atoms with Crippen LogP contribution in [0.25, 0.3) is 5.65 Å². The quantitative estimate of drug-likeness (QED) is 0.468. The number of hydrogen-bond donors (Lipinski definition) is 2. The first-order valence-electron chi connectivity index (χ1n) is 10.7. The fourth-order valence-corrected chi connectivity index (χ4v) is 5.93. The number of aryl methyl sites for hydroxylation is 1. The van der Waals surface area contributed by atoms with Crippen LogP contribution in [0.15, 0.2) is 24.5 Å². The third-order valence-electron chi connectivity index (χ3n) is 6.05. The second-order valence-electron chi connectivity index (χ2n) is 9.55. The molecule has 2 N–H and O–H groups in total. The van der Waals surface area contributed by atoms with Crippen LogP contribution >= 0.6 is 22.9 Å². The van der Waals surface area contributed by atoms with Gasteiger partial charge in [-0.1, -0.05) is 32.4 Å². The van der Waals surface area contributed by atoms with Crippen molar-refractivity contribution in [2.24, 2.45) is 5.41 Å². The summed E-state index contributed by atoms with van der Waals surface area (Å²) in [6.07, 6.45) is 3.71. The molecule has 0 aromatic carbocycles. The molecule has 1 fully saturated rings. The average molecular weight is 493 g/mol. The standard InChI is InChI=1S/C23H26ClFN4O3S/c1-12-10-28-11-14(8-16(25)20(28)26-12)27-21(30)19-15(24)9-17(33-19)13-5-6-29(22(31)32)18(7-13)23(2,3)4/h8-11,13,18H,5-7H2,1-4H3,(H,27,30)(H,31,32). The maximum atomic E-state index is 14.4. The normalized spacial score (nSPS) is 19.2. The van der Waals surface area contributed by atoms with Gasteiger partial charge in [-0.2, -0.15) is 0 Å². The molecular weight excluding hydrogens is 467 g/mol. The number of fused-ring (bicyclic) bond motifs is 1. The summed E-state index contributed by atoms with van der Waals surface area (Å²) in [6, 6.07) is 2.89. The lowest BCUT2D eigenvalue weighted by molar-refractivity contribution is 0.0530. The average Bonchev–Trinajstić information content (AvgIpc) is 3.29.